The van der Waals surface area contributed by atoms with Gasteiger partial charge < -0.3 is 4.98 Å². The van der Waals surface area contributed by atoms with E-state index >= 15 is 0 Å². The molecule has 0 radical (unpaired) electrons. The van der Waals surface area contributed by atoms with E-state index < -0.39 is 0 Å². The second-order valence-electron chi connectivity index (χ2n) is 6.40. The van der Waals surface area contributed by atoms with Crippen LogP contribution in [0, 0.1) is 0 Å². The van der Waals surface area contributed by atoms with Crippen LogP contribution in [0.4, 0.5) is 0 Å². The molecular weight excluding hydrogens is 294 g/mol. The van der Waals surface area contributed by atoms with E-state index in [1.165, 1.54) is 36.0 Å². The van der Waals surface area contributed by atoms with Crippen molar-refractivity contribution < 1.29 is 0 Å². The Balaban J connectivity index is 2.17. The molecule has 128 valence electrons. The number of hydrogen-bond acceptors (Lipinski definition) is 2. The maximum atomic E-state index is 4.57. The van der Waals surface area contributed by atoms with Gasteiger partial charge in [0.1, 0.15) is 5.82 Å². The fourth-order valence-electron chi connectivity index (χ4n) is 2.78. The zero-order valence-electron chi connectivity index (χ0n) is 15.6. The van der Waals surface area contributed by atoms with Crippen molar-refractivity contribution >= 4 is 11.8 Å². The third-order valence-electron chi connectivity index (χ3n) is 4.55. The SMILES string of the molecule is CC=N/C(C)=C(\C)c1ccc(-c2cnc(C(C)CCCC)[nH]2)cc1. The summed E-state index contributed by atoms with van der Waals surface area (Å²) in [5.74, 6) is 1.57. The van der Waals surface area contributed by atoms with Gasteiger partial charge in [-0.2, -0.15) is 0 Å². The first-order valence-electron chi connectivity index (χ1n) is 8.88. The highest BCUT2D eigenvalue weighted by Crippen LogP contribution is 2.25. The van der Waals surface area contributed by atoms with Crippen molar-refractivity contribution in [3.8, 4) is 11.3 Å². The first kappa shape index (κ1) is 18.2. The number of aliphatic imine (C=N–C) groups is 1. The molecule has 24 heavy (non-hydrogen) atoms. The van der Waals surface area contributed by atoms with Crippen molar-refractivity contribution in [1.82, 2.24) is 9.97 Å². The van der Waals surface area contributed by atoms with Crippen LogP contribution in [-0.2, 0) is 0 Å². The fourth-order valence-corrected chi connectivity index (χ4v) is 2.78. The van der Waals surface area contributed by atoms with E-state index in [4.69, 9.17) is 0 Å². The molecule has 0 amide bonds. The van der Waals surface area contributed by atoms with Crippen LogP contribution in [0.5, 0.6) is 0 Å². The molecule has 1 unspecified atom stereocenters. The molecule has 0 saturated heterocycles. The Hall–Kier alpha value is -2.16. The number of hydrogen-bond donors (Lipinski definition) is 1. The molecule has 0 aliphatic carbocycles. The lowest BCUT2D eigenvalue weighted by atomic mass is 10.0. The Morgan fingerprint density at radius 1 is 1.25 bits per heavy atom. The summed E-state index contributed by atoms with van der Waals surface area (Å²) >= 11 is 0. The smallest absolute Gasteiger partial charge is 0.109 e. The second-order valence-corrected chi connectivity index (χ2v) is 6.40. The summed E-state index contributed by atoms with van der Waals surface area (Å²) in [7, 11) is 0. The molecule has 1 aromatic heterocycles. The fraction of sp³-hybridized carbons (Fsp3) is 0.429. The monoisotopic (exact) mass is 323 g/mol. The number of H-pyrrole nitrogens is 1. The van der Waals surface area contributed by atoms with E-state index in [1.807, 2.05) is 26.3 Å². The van der Waals surface area contributed by atoms with E-state index in [0.29, 0.717) is 5.92 Å². The molecule has 3 nitrogen and oxygen atoms in total. The molecular formula is C21H29N3. The van der Waals surface area contributed by atoms with Crippen molar-refractivity contribution in [3.63, 3.8) is 0 Å². The highest BCUT2D eigenvalue weighted by molar-refractivity contribution is 5.71. The van der Waals surface area contributed by atoms with Crippen LogP contribution in [-0.4, -0.2) is 16.2 Å². The second kappa shape index (κ2) is 8.62. The largest absolute Gasteiger partial charge is 0.342 e. The van der Waals surface area contributed by atoms with Gasteiger partial charge in [-0.05, 0) is 43.9 Å². The maximum absolute atomic E-state index is 4.57. The molecule has 3 heteroatoms. The number of nitrogens with one attached hydrogen (secondary N) is 1. The van der Waals surface area contributed by atoms with Crippen LogP contribution in [0.2, 0.25) is 0 Å². The highest BCUT2D eigenvalue weighted by Gasteiger charge is 2.10. The van der Waals surface area contributed by atoms with Crippen LogP contribution >= 0.6 is 0 Å². The Morgan fingerprint density at radius 2 is 1.96 bits per heavy atom. The first-order chi connectivity index (χ1) is 11.6. The molecule has 1 N–H and O–H groups in total. The van der Waals surface area contributed by atoms with E-state index in [-0.39, 0.29) is 0 Å². The molecule has 0 fully saturated rings. The van der Waals surface area contributed by atoms with Gasteiger partial charge in [-0.25, -0.2) is 4.98 Å². The van der Waals surface area contributed by atoms with E-state index in [1.54, 1.807) is 0 Å². The normalized spacial score (nSPS) is 14.0. The number of imidazole rings is 1. The molecule has 0 spiro atoms. The minimum absolute atomic E-state index is 0.484. The molecule has 0 bridgehead atoms. The van der Waals surface area contributed by atoms with Gasteiger partial charge in [0, 0.05) is 17.8 Å². The number of aromatic nitrogens is 2. The zero-order chi connectivity index (χ0) is 17.5. The Bertz CT molecular complexity index is 705. The Kier molecular flexibility index (Phi) is 6.53. The molecule has 2 aromatic rings. The van der Waals surface area contributed by atoms with Crippen molar-refractivity contribution in [2.24, 2.45) is 4.99 Å². The summed E-state index contributed by atoms with van der Waals surface area (Å²) in [6.45, 7) is 10.6. The van der Waals surface area contributed by atoms with Crippen LogP contribution in [0.25, 0.3) is 16.8 Å². The molecule has 0 saturated carbocycles. The van der Waals surface area contributed by atoms with Gasteiger partial charge in [-0.3, -0.25) is 4.99 Å². The third-order valence-corrected chi connectivity index (χ3v) is 4.55. The van der Waals surface area contributed by atoms with Gasteiger partial charge in [0.2, 0.25) is 0 Å². The number of benzene rings is 1. The summed E-state index contributed by atoms with van der Waals surface area (Å²) in [6.07, 6.45) is 7.44. The lowest BCUT2D eigenvalue weighted by molar-refractivity contribution is 0.601. The Labute approximate surface area is 146 Å². The van der Waals surface area contributed by atoms with E-state index in [2.05, 4.69) is 60.0 Å². The third kappa shape index (κ3) is 4.44. The highest BCUT2D eigenvalue weighted by atomic mass is 14.9. The number of aromatic amines is 1. The number of nitrogens with zero attached hydrogens (tertiary/aromatic N) is 2. The minimum atomic E-state index is 0.484. The average Bonchev–Trinajstić information content (AvgIpc) is 3.09. The summed E-state index contributed by atoms with van der Waals surface area (Å²) in [5, 5.41) is 0. The predicted octanol–water partition coefficient (Wildman–Crippen LogP) is 6.21. The van der Waals surface area contributed by atoms with Crippen LogP contribution in [0.1, 0.15) is 71.2 Å². The van der Waals surface area contributed by atoms with Gasteiger partial charge in [-0.15, -0.1) is 0 Å². The minimum Gasteiger partial charge on any atom is -0.342 e. The van der Waals surface area contributed by atoms with Gasteiger partial charge >= 0.3 is 0 Å². The van der Waals surface area contributed by atoms with Gasteiger partial charge in [0.05, 0.1) is 11.9 Å². The number of allylic oxidation sites excluding steroid dienone is 2. The molecule has 0 aliphatic rings. The summed E-state index contributed by atoms with van der Waals surface area (Å²) in [6, 6.07) is 8.60. The maximum Gasteiger partial charge on any atom is 0.109 e. The molecule has 2 rings (SSSR count). The van der Waals surface area contributed by atoms with Crippen LogP contribution in [0.3, 0.4) is 0 Å². The van der Waals surface area contributed by atoms with Gasteiger partial charge in [0.25, 0.3) is 0 Å². The number of rotatable bonds is 7. The van der Waals surface area contributed by atoms with Crippen LogP contribution < -0.4 is 0 Å². The molecule has 0 aliphatic heterocycles. The predicted molar refractivity (Wildman–Crippen MR) is 104 cm³/mol. The molecule has 1 atom stereocenters. The van der Waals surface area contributed by atoms with Crippen molar-refractivity contribution in [2.75, 3.05) is 0 Å². The topological polar surface area (TPSA) is 41.0 Å². The zero-order valence-corrected chi connectivity index (χ0v) is 15.6. The Morgan fingerprint density at radius 3 is 2.58 bits per heavy atom. The number of unbranched alkanes of at least 4 members (excludes halogenated alkanes) is 1. The van der Waals surface area contributed by atoms with Crippen molar-refractivity contribution in [1.29, 1.82) is 0 Å². The quantitative estimate of drug-likeness (QED) is 0.604. The van der Waals surface area contributed by atoms with Crippen molar-refractivity contribution in [3.05, 3.63) is 47.5 Å². The average molecular weight is 323 g/mol. The first-order valence-corrected chi connectivity index (χ1v) is 8.88. The molecule has 1 aromatic carbocycles. The van der Waals surface area contributed by atoms with E-state index in [0.717, 1.165) is 17.2 Å². The lowest BCUT2D eigenvalue weighted by Crippen LogP contribution is -1.96. The standard InChI is InChI=1S/C21H29N3/c1-6-8-9-15(3)21-23-14-20(24-21)19-12-10-18(11-13-19)16(4)17(5)22-7-2/h7,10-15H,6,8-9H2,1-5H3,(H,23,24)/b17-16+,22-7?. The van der Waals surface area contributed by atoms with Gasteiger partial charge in [-0.1, -0.05) is 51.0 Å². The summed E-state index contributed by atoms with van der Waals surface area (Å²) in [4.78, 5) is 12.4. The molecule has 1 heterocycles. The summed E-state index contributed by atoms with van der Waals surface area (Å²) < 4.78 is 0. The lowest BCUT2D eigenvalue weighted by Gasteiger charge is -2.07. The van der Waals surface area contributed by atoms with E-state index in [9.17, 15) is 0 Å². The summed E-state index contributed by atoms with van der Waals surface area (Å²) in [5.41, 5.74) is 5.73. The van der Waals surface area contributed by atoms with Crippen molar-refractivity contribution in [2.45, 2.75) is 59.8 Å². The van der Waals surface area contributed by atoms with Crippen LogP contribution in [0.15, 0.2) is 41.2 Å². The van der Waals surface area contributed by atoms with Gasteiger partial charge in [0.15, 0.2) is 0 Å².